The zero-order valence-corrected chi connectivity index (χ0v) is 13.5. The summed E-state index contributed by atoms with van der Waals surface area (Å²) in [5.74, 6) is 1.48. The van der Waals surface area contributed by atoms with Gasteiger partial charge in [0.1, 0.15) is 16.4 Å². The predicted molar refractivity (Wildman–Crippen MR) is 88.9 cm³/mol. The first-order valence-corrected chi connectivity index (χ1v) is 8.48. The van der Waals surface area contributed by atoms with Crippen molar-refractivity contribution in [3.05, 3.63) is 29.3 Å². The van der Waals surface area contributed by atoms with Crippen molar-refractivity contribution < 1.29 is 4.74 Å². The van der Waals surface area contributed by atoms with Crippen LogP contribution in [0.1, 0.15) is 50.5 Å². The average molecular weight is 302 g/mol. The summed E-state index contributed by atoms with van der Waals surface area (Å²) in [6.07, 6.45) is 5.31. The molecule has 0 unspecified atom stereocenters. The molecule has 0 atom stereocenters. The van der Waals surface area contributed by atoms with Gasteiger partial charge in [-0.25, -0.2) is 4.98 Å². The normalized spacial score (nSPS) is 15.8. The number of aromatic nitrogens is 1. The second kappa shape index (κ2) is 6.06. The minimum Gasteiger partial charge on any atom is -0.491 e. The minimum atomic E-state index is 0.169. The summed E-state index contributed by atoms with van der Waals surface area (Å²) < 4.78 is 5.76. The number of nitrogens with two attached hydrogens (primary N) is 1. The van der Waals surface area contributed by atoms with Crippen LogP contribution in [0, 0.1) is 0 Å². The number of anilines is 1. The number of benzene rings is 1. The molecule has 0 aliphatic heterocycles. The molecule has 1 aromatic heterocycles. The van der Waals surface area contributed by atoms with Crippen LogP contribution in [0.15, 0.2) is 24.3 Å². The number of hydrogen-bond donors (Lipinski definition) is 1. The summed E-state index contributed by atoms with van der Waals surface area (Å²) in [6, 6.07) is 8.06. The van der Waals surface area contributed by atoms with E-state index in [9.17, 15) is 0 Å². The molecule has 4 heteroatoms. The molecule has 3 rings (SSSR count). The SMILES string of the molecule is CC(C)Oc1cccc(-c2nc(C3CCCC3)sc2N)c1. The van der Waals surface area contributed by atoms with Crippen LogP contribution in [-0.2, 0) is 0 Å². The highest BCUT2D eigenvalue weighted by Gasteiger charge is 2.22. The van der Waals surface area contributed by atoms with E-state index in [1.54, 1.807) is 11.3 Å². The van der Waals surface area contributed by atoms with E-state index in [1.807, 2.05) is 32.0 Å². The number of ether oxygens (including phenoxy) is 1. The van der Waals surface area contributed by atoms with Crippen LogP contribution < -0.4 is 10.5 Å². The van der Waals surface area contributed by atoms with Crippen molar-refractivity contribution >= 4 is 16.3 Å². The van der Waals surface area contributed by atoms with Crippen molar-refractivity contribution in [2.75, 3.05) is 5.73 Å². The molecule has 1 heterocycles. The molecule has 2 aromatic rings. The maximum absolute atomic E-state index is 6.21. The number of thiazole rings is 1. The van der Waals surface area contributed by atoms with Gasteiger partial charge < -0.3 is 10.5 Å². The van der Waals surface area contributed by atoms with Crippen molar-refractivity contribution in [1.82, 2.24) is 4.98 Å². The Morgan fingerprint density at radius 3 is 2.76 bits per heavy atom. The highest BCUT2D eigenvalue weighted by Crippen LogP contribution is 2.41. The number of hydrogen-bond acceptors (Lipinski definition) is 4. The van der Waals surface area contributed by atoms with Gasteiger partial charge in [0.15, 0.2) is 0 Å². The van der Waals surface area contributed by atoms with Crippen molar-refractivity contribution in [2.45, 2.75) is 51.6 Å². The zero-order valence-electron chi connectivity index (χ0n) is 12.6. The molecule has 1 saturated carbocycles. The Morgan fingerprint density at radius 1 is 1.29 bits per heavy atom. The smallest absolute Gasteiger partial charge is 0.120 e. The van der Waals surface area contributed by atoms with Gasteiger partial charge >= 0.3 is 0 Å². The summed E-state index contributed by atoms with van der Waals surface area (Å²) in [5.41, 5.74) is 8.17. The Bertz CT molecular complexity index is 615. The average Bonchev–Trinajstić information content (AvgIpc) is 3.07. The van der Waals surface area contributed by atoms with E-state index in [2.05, 4.69) is 6.07 Å². The second-order valence-electron chi connectivity index (χ2n) is 5.94. The fourth-order valence-corrected chi connectivity index (χ4v) is 3.92. The molecule has 0 radical (unpaired) electrons. The lowest BCUT2D eigenvalue weighted by Gasteiger charge is -2.10. The molecule has 1 fully saturated rings. The van der Waals surface area contributed by atoms with Gasteiger partial charge in [-0.3, -0.25) is 0 Å². The maximum atomic E-state index is 6.21. The van der Waals surface area contributed by atoms with Gasteiger partial charge in [-0.2, -0.15) is 0 Å². The Hall–Kier alpha value is -1.55. The Kier molecular flexibility index (Phi) is 4.15. The van der Waals surface area contributed by atoms with Crippen molar-refractivity contribution in [2.24, 2.45) is 0 Å². The summed E-state index contributed by atoms with van der Waals surface area (Å²) >= 11 is 1.65. The Morgan fingerprint density at radius 2 is 2.05 bits per heavy atom. The summed E-state index contributed by atoms with van der Waals surface area (Å²) in [6.45, 7) is 4.06. The van der Waals surface area contributed by atoms with E-state index in [4.69, 9.17) is 15.5 Å². The van der Waals surface area contributed by atoms with Crippen LogP contribution >= 0.6 is 11.3 Å². The third-order valence-electron chi connectivity index (χ3n) is 3.85. The van der Waals surface area contributed by atoms with Gasteiger partial charge in [-0.05, 0) is 38.8 Å². The summed E-state index contributed by atoms with van der Waals surface area (Å²) in [5, 5.41) is 2.02. The molecule has 3 nitrogen and oxygen atoms in total. The summed E-state index contributed by atoms with van der Waals surface area (Å²) in [7, 11) is 0. The molecule has 21 heavy (non-hydrogen) atoms. The molecule has 112 valence electrons. The number of nitrogens with zero attached hydrogens (tertiary/aromatic N) is 1. The first-order chi connectivity index (χ1) is 10.1. The van der Waals surface area contributed by atoms with Crippen LogP contribution in [0.4, 0.5) is 5.00 Å². The number of nitrogen functional groups attached to an aromatic ring is 1. The Balaban J connectivity index is 1.89. The molecule has 1 aliphatic rings. The number of rotatable bonds is 4. The minimum absolute atomic E-state index is 0.169. The maximum Gasteiger partial charge on any atom is 0.120 e. The first kappa shape index (κ1) is 14.4. The lowest BCUT2D eigenvalue weighted by Crippen LogP contribution is -2.05. The largest absolute Gasteiger partial charge is 0.491 e. The fraction of sp³-hybridized carbons (Fsp3) is 0.471. The van der Waals surface area contributed by atoms with E-state index in [1.165, 1.54) is 30.7 Å². The first-order valence-electron chi connectivity index (χ1n) is 7.67. The molecular formula is C17H22N2OS. The van der Waals surface area contributed by atoms with Crippen LogP contribution in [-0.4, -0.2) is 11.1 Å². The van der Waals surface area contributed by atoms with Gasteiger partial charge in [0.2, 0.25) is 0 Å². The van der Waals surface area contributed by atoms with Crippen LogP contribution in [0.25, 0.3) is 11.3 Å². The predicted octanol–water partition coefficient (Wildman–Crippen LogP) is 4.84. The quantitative estimate of drug-likeness (QED) is 0.879. The fourth-order valence-electron chi connectivity index (χ4n) is 2.89. The standard InChI is InChI=1S/C17H22N2OS/c1-11(2)20-14-9-5-8-13(10-14)15-16(18)21-17(19-15)12-6-3-4-7-12/h5,8-12H,3-4,6-7,18H2,1-2H3. The van der Waals surface area contributed by atoms with Gasteiger partial charge in [0.05, 0.1) is 11.1 Å². The monoisotopic (exact) mass is 302 g/mol. The van der Waals surface area contributed by atoms with E-state index in [0.717, 1.165) is 22.0 Å². The molecule has 0 amide bonds. The van der Waals surface area contributed by atoms with E-state index in [0.29, 0.717) is 5.92 Å². The molecule has 1 aliphatic carbocycles. The molecule has 0 spiro atoms. The van der Waals surface area contributed by atoms with E-state index >= 15 is 0 Å². The third kappa shape index (κ3) is 3.21. The van der Waals surface area contributed by atoms with Crippen molar-refractivity contribution in [3.63, 3.8) is 0 Å². The zero-order chi connectivity index (χ0) is 14.8. The van der Waals surface area contributed by atoms with Gasteiger partial charge in [0, 0.05) is 11.5 Å². The topological polar surface area (TPSA) is 48.1 Å². The van der Waals surface area contributed by atoms with Crippen LogP contribution in [0.5, 0.6) is 5.75 Å². The molecule has 2 N–H and O–H groups in total. The van der Waals surface area contributed by atoms with Gasteiger partial charge in [-0.1, -0.05) is 25.0 Å². The lowest BCUT2D eigenvalue weighted by atomic mass is 10.1. The van der Waals surface area contributed by atoms with Crippen molar-refractivity contribution in [3.8, 4) is 17.0 Å². The highest BCUT2D eigenvalue weighted by atomic mass is 32.1. The molecule has 0 saturated heterocycles. The lowest BCUT2D eigenvalue weighted by molar-refractivity contribution is 0.242. The second-order valence-corrected chi connectivity index (χ2v) is 7.00. The third-order valence-corrected chi connectivity index (χ3v) is 4.90. The highest BCUT2D eigenvalue weighted by molar-refractivity contribution is 7.16. The van der Waals surface area contributed by atoms with E-state index in [-0.39, 0.29) is 6.10 Å². The van der Waals surface area contributed by atoms with Crippen LogP contribution in [0.3, 0.4) is 0 Å². The molecule has 1 aromatic carbocycles. The van der Waals surface area contributed by atoms with Gasteiger partial charge in [-0.15, -0.1) is 11.3 Å². The van der Waals surface area contributed by atoms with Crippen molar-refractivity contribution in [1.29, 1.82) is 0 Å². The summed E-state index contributed by atoms with van der Waals surface area (Å²) in [4.78, 5) is 4.82. The van der Waals surface area contributed by atoms with Gasteiger partial charge in [0.25, 0.3) is 0 Å². The molecular weight excluding hydrogens is 280 g/mol. The van der Waals surface area contributed by atoms with Crippen LogP contribution in [0.2, 0.25) is 0 Å². The Labute approximate surface area is 130 Å². The van der Waals surface area contributed by atoms with E-state index < -0.39 is 0 Å². The molecule has 0 bridgehead atoms.